The summed E-state index contributed by atoms with van der Waals surface area (Å²) in [4.78, 5) is 7.11. The van der Waals surface area contributed by atoms with Crippen LogP contribution in [0.25, 0.3) is 0 Å². The molecule has 4 heteroatoms. The number of likely N-dealkylation sites (tertiary alicyclic amines) is 1. The van der Waals surface area contributed by atoms with Crippen LogP contribution >= 0.6 is 0 Å². The van der Waals surface area contributed by atoms with Gasteiger partial charge in [0, 0.05) is 38.0 Å². The highest BCUT2D eigenvalue weighted by Crippen LogP contribution is 2.38. The second-order valence-corrected chi connectivity index (χ2v) is 7.24. The van der Waals surface area contributed by atoms with Crippen molar-refractivity contribution in [1.82, 2.24) is 9.88 Å². The van der Waals surface area contributed by atoms with Gasteiger partial charge in [0.1, 0.15) is 5.82 Å². The number of aromatic nitrogens is 1. The van der Waals surface area contributed by atoms with Crippen molar-refractivity contribution in [3.8, 4) is 0 Å². The van der Waals surface area contributed by atoms with Gasteiger partial charge in [0.2, 0.25) is 0 Å². The molecule has 2 aliphatic heterocycles. The summed E-state index contributed by atoms with van der Waals surface area (Å²) in [5, 5.41) is 3.61. The molecule has 0 amide bonds. The first-order valence-corrected chi connectivity index (χ1v) is 8.89. The fourth-order valence-electron chi connectivity index (χ4n) is 4.55. The zero-order valence-electron chi connectivity index (χ0n) is 13.3. The van der Waals surface area contributed by atoms with Crippen LogP contribution in [-0.4, -0.2) is 47.3 Å². The molecule has 1 N–H and O–H groups in total. The minimum Gasteiger partial charge on any atom is -0.373 e. The number of rotatable bonds is 3. The molecule has 120 valence electrons. The second-order valence-electron chi connectivity index (χ2n) is 7.24. The predicted molar refractivity (Wildman–Crippen MR) is 88.0 cm³/mol. The number of nitrogens with one attached hydrogen (secondary N) is 1. The molecule has 1 saturated carbocycles. The van der Waals surface area contributed by atoms with E-state index in [-0.39, 0.29) is 5.60 Å². The summed E-state index contributed by atoms with van der Waals surface area (Å²) in [5.41, 5.74) is 0.0906. The van der Waals surface area contributed by atoms with Gasteiger partial charge < -0.3 is 10.1 Å². The minimum absolute atomic E-state index is 0.0906. The van der Waals surface area contributed by atoms with Crippen molar-refractivity contribution < 1.29 is 4.74 Å². The normalized spacial score (nSPS) is 33.5. The van der Waals surface area contributed by atoms with Crippen molar-refractivity contribution in [2.24, 2.45) is 0 Å². The van der Waals surface area contributed by atoms with E-state index >= 15 is 0 Å². The fraction of sp³-hybridized carbons (Fsp3) is 0.722. The van der Waals surface area contributed by atoms with Crippen molar-refractivity contribution in [3.05, 3.63) is 24.4 Å². The summed E-state index contributed by atoms with van der Waals surface area (Å²) in [6.07, 6.45) is 10.9. The molecule has 0 bridgehead atoms. The smallest absolute Gasteiger partial charge is 0.126 e. The van der Waals surface area contributed by atoms with E-state index in [1.54, 1.807) is 0 Å². The number of ether oxygens (including phenoxy) is 1. The predicted octanol–water partition coefficient (Wildman–Crippen LogP) is 3.06. The Bertz CT molecular complexity index is 488. The van der Waals surface area contributed by atoms with Gasteiger partial charge in [-0.3, -0.25) is 4.90 Å². The Morgan fingerprint density at radius 2 is 2.14 bits per heavy atom. The summed E-state index contributed by atoms with van der Waals surface area (Å²) in [5.74, 6) is 0.996. The Labute approximate surface area is 133 Å². The Morgan fingerprint density at radius 3 is 2.95 bits per heavy atom. The van der Waals surface area contributed by atoms with Crippen molar-refractivity contribution in [3.63, 3.8) is 0 Å². The lowest BCUT2D eigenvalue weighted by Gasteiger charge is -2.39. The summed E-state index contributed by atoms with van der Waals surface area (Å²) < 4.78 is 6.28. The van der Waals surface area contributed by atoms with Crippen LogP contribution in [0, 0.1) is 0 Å². The van der Waals surface area contributed by atoms with Crippen molar-refractivity contribution in [2.75, 3.05) is 25.0 Å². The van der Waals surface area contributed by atoms with Crippen LogP contribution < -0.4 is 5.32 Å². The SMILES string of the molecule is c1ccc(N[C@@H]2CCO[C@]3(CCN(C4CCCC4)C3)C2)nc1. The van der Waals surface area contributed by atoms with Gasteiger partial charge in [-0.2, -0.15) is 0 Å². The van der Waals surface area contributed by atoms with Crippen molar-refractivity contribution >= 4 is 5.82 Å². The van der Waals surface area contributed by atoms with Gasteiger partial charge in [-0.15, -0.1) is 0 Å². The summed E-state index contributed by atoms with van der Waals surface area (Å²) in [6, 6.07) is 7.38. The van der Waals surface area contributed by atoms with Crippen molar-refractivity contribution in [2.45, 2.75) is 62.6 Å². The molecule has 4 nitrogen and oxygen atoms in total. The van der Waals surface area contributed by atoms with E-state index in [1.807, 2.05) is 18.3 Å². The molecule has 1 aliphatic carbocycles. The van der Waals surface area contributed by atoms with Gasteiger partial charge in [0.05, 0.1) is 5.60 Å². The molecule has 0 aromatic carbocycles. The lowest BCUT2D eigenvalue weighted by molar-refractivity contribution is -0.0750. The highest BCUT2D eigenvalue weighted by molar-refractivity contribution is 5.34. The number of nitrogens with zero attached hydrogens (tertiary/aromatic N) is 2. The first kappa shape index (κ1) is 14.5. The number of anilines is 1. The third-order valence-corrected chi connectivity index (χ3v) is 5.70. The average molecular weight is 301 g/mol. The van der Waals surface area contributed by atoms with E-state index in [1.165, 1.54) is 38.6 Å². The number of hydrogen-bond donors (Lipinski definition) is 1. The molecular weight excluding hydrogens is 274 g/mol. The van der Waals surface area contributed by atoms with Gasteiger partial charge in [-0.05, 0) is 44.2 Å². The van der Waals surface area contributed by atoms with Crippen LogP contribution in [0.15, 0.2) is 24.4 Å². The van der Waals surface area contributed by atoms with Crippen LogP contribution in [0.1, 0.15) is 44.9 Å². The highest BCUT2D eigenvalue weighted by Gasteiger charge is 2.45. The third kappa shape index (κ3) is 2.99. The topological polar surface area (TPSA) is 37.4 Å². The summed E-state index contributed by atoms with van der Waals surface area (Å²) in [7, 11) is 0. The molecule has 1 aromatic heterocycles. The van der Waals surface area contributed by atoms with Crippen LogP contribution in [0.2, 0.25) is 0 Å². The van der Waals surface area contributed by atoms with Crippen LogP contribution in [0.3, 0.4) is 0 Å². The molecule has 3 fully saturated rings. The van der Waals surface area contributed by atoms with Gasteiger partial charge in [-0.25, -0.2) is 4.98 Å². The summed E-state index contributed by atoms with van der Waals surface area (Å²) in [6.45, 7) is 3.24. The van der Waals surface area contributed by atoms with E-state index in [0.29, 0.717) is 6.04 Å². The van der Waals surface area contributed by atoms with Crippen LogP contribution in [-0.2, 0) is 4.74 Å². The Kier molecular flexibility index (Phi) is 4.05. The largest absolute Gasteiger partial charge is 0.373 e. The van der Waals surface area contributed by atoms with Crippen LogP contribution in [0.4, 0.5) is 5.82 Å². The minimum atomic E-state index is 0.0906. The highest BCUT2D eigenvalue weighted by atomic mass is 16.5. The molecular formula is C18H27N3O. The third-order valence-electron chi connectivity index (χ3n) is 5.70. The van der Waals surface area contributed by atoms with Crippen LogP contribution in [0.5, 0.6) is 0 Å². The first-order valence-electron chi connectivity index (χ1n) is 8.89. The maximum Gasteiger partial charge on any atom is 0.126 e. The Balaban J connectivity index is 1.38. The standard InChI is InChI=1S/C18H27N3O/c1-2-6-16(5-1)21-11-9-18(14-21)13-15(8-12-22-18)20-17-7-3-4-10-19-17/h3-4,7,10,15-16H,1-2,5-6,8-9,11-14H2,(H,19,20)/t15-,18-/m1/s1. The molecule has 22 heavy (non-hydrogen) atoms. The maximum absolute atomic E-state index is 6.28. The zero-order valence-corrected chi connectivity index (χ0v) is 13.3. The van der Waals surface area contributed by atoms with Gasteiger partial charge >= 0.3 is 0 Å². The molecule has 3 aliphatic rings. The number of hydrogen-bond acceptors (Lipinski definition) is 4. The second kappa shape index (κ2) is 6.17. The molecule has 0 radical (unpaired) electrons. The molecule has 4 rings (SSSR count). The van der Waals surface area contributed by atoms with Crippen molar-refractivity contribution in [1.29, 1.82) is 0 Å². The average Bonchev–Trinajstić information content (AvgIpc) is 3.19. The lowest BCUT2D eigenvalue weighted by Crippen LogP contribution is -2.47. The first-order chi connectivity index (χ1) is 10.8. The lowest BCUT2D eigenvalue weighted by atomic mass is 9.89. The zero-order chi connectivity index (χ0) is 14.8. The molecule has 0 unspecified atom stereocenters. The molecule has 1 aromatic rings. The van der Waals surface area contributed by atoms with E-state index in [9.17, 15) is 0 Å². The fourth-order valence-corrected chi connectivity index (χ4v) is 4.55. The van der Waals surface area contributed by atoms with Gasteiger partial charge in [-0.1, -0.05) is 18.9 Å². The Morgan fingerprint density at radius 1 is 1.23 bits per heavy atom. The molecule has 3 heterocycles. The summed E-state index contributed by atoms with van der Waals surface area (Å²) >= 11 is 0. The molecule has 2 atom stereocenters. The Hall–Kier alpha value is -1.13. The quantitative estimate of drug-likeness (QED) is 0.931. The molecule has 1 spiro atoms. The van der Waals surface area contributed by atoms with E-state index in [2.05, 4.69) is 21.3 Å². The van der Waals surface area contributed by atoms with E-state index in [4.69, 9.17) is 4.74 Å². The van der Waals surface area contributed by atoms with E-state index < -0.39 is 0 Å². The molecule has 2 saturated heterocycles. The monoisotopic (exact) mass is 301 g/mol. The maximum atomic E-state index is 6.28. The van der Waals surface area contributed by atoms with E-state index in [0.717, 1.165) is 37.9 Å². The van der Waals surface area contributed by atoms with Gasteiger partial charge in [0.25, 0.3) is 0 Å². The number of pyridine rings is 1. The van der Waals surface area contributed by atoms with Gasteiger partial charge in [0.15, 0.2) is 0 Å².